The van der Waals surface area contributed by atoms with Gasteiger partial charge < -0.3 is 10.6 Å². The first kappa shape index (κ1) is 16.5. The van der Waals surface area contributed by atoms with Gasteiger partial charge in [0.25, 0.3) is 5.91 Å². The van der Waals surface area contributed by atoms with Crippen LogP contribution in [0.1, 0.15) is 15.9 Å². The zero-order valence-corrected chi connectivity index (χ0v) is 13.0. The van der Waals surface area contributed by atoms with Crippen molar-refractivity contribution < 1.29 is 13.6 Å². The first-order chi connectivity index (χ1) is 12.1. The minimum atomic E-state index is -0.519. The summed E-state index contributed by atoms with van der Waals surface area (Å²) in [5.41, 5.74) is 1.16. The van der Waals surface area contributed by atoms with Crippen molar-refractivity contribution in [3.05, 3.63) is 83.7 Å². The van der Waals surface area contributed by atoms with E-state index in [2.05, 4.69) is 20.6 Å². The third kappa shape index (κ3) is 4.35. The zero-order chi connectivity index (χ0) is 17.6. The van der Waals surface area contributed by atoms with E-state index in [4.69, 9.17) is 0 Å². The van der Waals surface area contributed by atoms with E-state index in [0.29, 0.717) is 12.5 Å². The van der Waals surface area contributed by atoms with Gasteiger partial charge in [-0.2, -0.15) is 0 Å². The molecule has 0 radical (unpaired) electrons. The van der Waals surface area contributed by atoms with E-state index >= 15 is 0 Å². The predicted octanol–water partition coefficient (Wildman–Crippen LogP) is 3.62. The summed E-state index contributed by atoms with van der Waals surface area (Å²) in [6.45, 7) is 0.418. The van der Waals surface area contributed by atoms with Crippen molar-refractivity contribution in [3.63, 3.8) is 0 Å². The van der Waals surface area contributed by atoms with Gasteiger partial charge >= 0.3 is 0 Å². The fourth-order valence-electron chi connectivity index (χ4n) is 2.08. The number of nitrogens with one attached hydrogen (secondary N) is 2. The highest BCUT2D eigenvalue weighted by molar-refractivity contribution is 6.03. The van der Waals surface area contributed by atoms with Crippen LogP contribution in [0.4, 0.5) is 20.4 Å². The Kier molecular flexibility index (Phi) is 4.94. The molecular weight excluding hydrogens is 326 g/mol. The second-order valence-corrected chi connectivity index (χ2v) is 5.21. The maximum atomic E-state index is 13.5. The molecule has 0 fully saturated rings. The summed E-state index contributed by atoms with van der Waals surface area (Å²) in [7, 11) is 0. The molecule has 1 heterocycles. The van der Waals surface area contributed by atoms with Gasteiger partial charge in [0, 0.05) is 18.9 Å². The van der Waals surface area contributed by atoms with Crippen LogP contribution in [0.3, 0.4) is 0 Å². The lowest BCUT2D eigenvalue weighted by Crippen LogP contribution is -2.14. The Bertz CT molecular complexity index is 867. The molecule has 0 atom stereocenters. The summed E-state index contributed by atoms with van der Waals surface area (Å²) < 4.78 is 26.4. The van der Waals surface area contributed by atoms with Gasteiger partial charge in [-0.1, -0.05) is 24.3 Å². The van der Waals surface area contributed by atoms with Crippen LogP contribution in [-0.4, -0.2) is 15.9 Å². The molecule has 2 aromatic carbocycles. The number of carbonyl (C=O) groups excluding carboxylic acids is 1. The van der Waals surface area contributed by atoms with Crippen molar-refractivity contribution in [1.82, 2.24) is 9.97 Å². The van der Waals surface area contributed by atoms with Crippen LogP contribution in [0, 0.1) is 11.6 Å². The molecule has 1 aromatic heterocycles. The normalized spacial score (nSPS) is 10.3. The van der Waals surface area contributed by atoms with Crippen molar-refractivity contribution in [2.75, 3.05) is 10.6 Å². The molecule has 2 N–H and O–H groups in total. The molecule has 0 saturated heterocycles. The smallest absolute Gasteiger partial charge is 0.258 e. The molecule has 3 rings (SSSR count). The summed E-state index contributed by atoms with van der Waals surface area (Å²) in [4.78, 5) is 20.2. The summed E-state index contributed by atoms with van der Waals surface area (Å²) in [5, 5.41) is 5.43. The molecule has 0 bridgehead atoms. The number of hydrogen-bond acceptors (Lipinski definition) is 4. The third-order valence-electron chi connectivity index (χ3n) is 3.40. The van der Waals surface area contributed by atoms with E-state index in [1.54, 1.807) is 18.2 Å². The Balaban J connectivity index is 1.60. The van der Waals surface area contributed by atoms with Crippen LogP contribution in [-0.2, 0) is 6.54 Å². The van der Waals surface area contributed by atoms with E-state index in [1.165, 1.54) is 42.7 Å². The van der Waals surface area contributed by atoms with Crippen molar-refractivity contribution in [3.8, 4) is 0 Å². The standard InChI is InChI=1S/C18H14F2N4O/c19-14-7-5-12(6-8-14)9-21-18-22-10-13(11-23-18)17(25)24-16-4-2-1-3-15(16)20/h1-8,10-11H,9H2,(H,24,25)(H,21,22,23). The number of amides is 1. The number of anilines is 2. The van der Waals surface area contributed by atoms with Gasteiger partial charge in [-0.3, -0.25) is 4.79 Å². The average molecular weight is 340 g/mol. The largest absolute Gasteiger partial charge is 0.350 e. The van der Waals surface area contributed by atoms with Crippen molar-refractivity contribution in [2.24, 2.45) is 0 Å². The lowest BCUT2D eigenvalue weighted by Gasteiger charge is -2.07. The SMILES string of the molecule is O=C(Nc1ccccc1F)c1cnc(NCc2ccc(F)cc2)nc1. The topological polar surface area (TPSA) is 66.9 Å². The summed E-state index contributed by atoms with van der Waals surface area (Å²) in [6.07, 6.45) is 2.69. The van der Waals surface area contributed by atoms with E-state index in [0.717, 1.165) is 5.56 Å². The highest BCUT2D eigenvalue weighted by atomic mass is 19.1. The Labute approximate surface area is 142 Å². The Morgan fingerprint density at radius 1 is 0.960 bits per heavy atom. The number of nitrogens with zero attached hydrogens (tertiary/aromatic N) is 2. The van der Waals surface area contributed by atoms with Crippen molar-refractivity contribution >= 4 is 17.5 Å². The molecule has 0 aliphatic rings. The van der Waals surface area contributed by atoms with Crippen LogP contribution in [0.5, 0.6) is 0 Å². The highest BCUT2D eigenvalue weighted by Gasteiger charge is 2.10. The van der Waals surface area contributed by atoms with Gasteiger partial charge in [-0.25, -0.2) is 18.7 Å². The summed E-state index contributed by atoms with van der Waals surface area (Å²) >= 11 is 0. The van der Waals surface area contributed by atoms with Gasteiger partial charge in [-0.15, -0.1) is 0 Å². The van der Waals surface area contributed by atoms with Crippen LogP contribution >= 0.6 is 0 Å². The van der Waals surface area contributed by atoms with Gasteiger partial charge in [0.2, 0.25) is 5.95 Å². The zero-order valence-electron chi connectivity index (χ0n) is 13.0. The molecule has 0 saturated carbocycles. The molecule has 0 aliphatic heterocycles. The maximum absolute atomic E-state index is 13.5. The number of para-hydroxylation sites is 1. The second-order valence-electron chi connectivity index (χ2n) is 5.21. The molecular formula is C18H14F2N4O. The summed E-state index contributed by atoms with van der Waals surface area (Å²) in [5.74, 6) is -0.999. The monoisotopic (exact) mass is 340 g/mol. The minimum absolute atomic E-state index is 0.0889. The van der Waals surface area contributed by atoms with Crippen LogP contribution in [0.15, 0.2) is 60.9 Å². The van der Waals surface area contributed by atoms with Crippen LogP contribution in [0.2, 0.25) is 0 Å². The fourth-order valence-corrected chi connectivity index (χ4v) is 2.08. The molecule has 5 nitrogen and oxygen atoms in total. The predicted molar refractivity (Wildman–Crippen MR) is 90.1 cm³/mol. The first-order valence-corrected chi connectivity index (χ1v) is 7.48. The lowest BCUT2D eigenvalue weighted by molar-refractivity contribution is 0.102. The second kappa shape index (κ2) is 7.48. The Morgan fingerprint density at radius 3 is 2.32 bits per heavy atom. The molecule has 126 valence electrons. The van der Waals surface area contributed by atoms with Gasteiger partial charge in [-0.05, 0) is 29.8 Å². The number of halogens is 2. The Morgan fingerprint density at radius 2 is 1.64 bits per heavy atom. The van der Waals surface area contributed by atoms with Gasteiger partial charge in [0.05, 0.1) is 11.3 Å². The van der Waals surface area contributed by atoms with Gasteiger partial charge in [0.15, 0.2) is 0 Å². The highest BCUT2D eigenvalue weighted by Crippen LogP contribution is 2.14. The number of rotatable bonds is 5. The fraction of sp³-hybridized carbons (Fsp3) is 0.0556. The molecule has 7 heteroatoms. The first-order valence-electron chi connectivity index (χ1n) is 7.48. The summed E-state index contributed by atoms with van der Waals surface area (Å²) in [6, 6.07) is 11.9. The molecule has 0 unspecified atom stereocenters. The number of aromatic nitrogens is 2. The molecule has 3 aromatic rings. The van der Waals surface area contributed by atoms with Crippen LogP contribution in [0.25, 0.3) is 0 Å². The number of benzene rings is 2. The van der Waals surface area contributed by atoms with Crippen molar-refractivity contribution in [1.29, 1.82) is 0 Å². The number of hydrogen-bond donors (Lipinski definition) is 2. The third-order valence-corrected chi connectivity index (χ3v) is 3.40. The van der Waals surface area contributed by atoms with Crippen LogP contribution < -0.4 is 10.6 Å². The molecule has 25 heavy (non-hydrogen) atoms. The maximum Gasteiger partial charge on any atom is 0.258 e. The van der Waals surface area contributed by atoms with E-state index in [1.807, 2.05) is 0 Å². The molecule has 0 spiro atoms. The lowest BCUT2D eigenvalue weighted by atomic mass is 10.2. The minimum Gasteiger partial charge on any atom is -0.350 e. The molecule has 1 amide bonds. The number of carbonyl (C=O) groups is 1. The Hall–Kier alpha value is -3.35. The van der Waals surface area contributed by atoms with E-state index in [9.17, 15) is 13.6 Å². The van der Waals surface area contributed by atoms with E-state index in [-0.39, 0.29) is 17.1 Å². The van der Waals surface area contributed by atoms with E-state index < -0.39 is 11.7 Å². The average Bonchev–Trinajstić information content (AvgIpc) is 2.63. The van der Waals surface area contributed by atoms with Crippen molar-refractivity contribution in [2.45, 2.75) is 6.54 Å². The quantitative estimate of drug-likeness (QED) is 0.744. The molecule has 0 aliphatic carbocycles. The van der Waals surface area contributed by atoms with Gasteiger partial charge in [0.1, 0.15) is 11.6 Å².